The molecule has 0 amide bonds. The van der Waals surface area contributed by atoms with E-state index >= 15 is 0 Å². The van der Waals surface area contributed by atoms with Gasteiger partial charge in [-0.15, -0.1) is 0 Å². The smallest absolute Gasteiger partial charge is 0.310 e. The van der Waals surface area contributed by atoms with Crippen LogP contribution in [-0.2, 0) is 17.9 Å². The number of hydrogen-bond acceptors (Lipinski definition) is 2. The van der Waals surface area contributed by atoms with Crippen LogP contribution in [0.1, 0.15) is 32.3 Å². The van der Waals surface area contributed by atoms with Gasteiger partial charge >= 0.3 is 5.97 Å². The summed E-state index contributed by atoms with van der Waals surface area (Å²) in [6.45, 7) is 4.88. The van der Waals surface area contributed by atoms with Gasteiger partial charge < -0.3 is 15.0 Å². The van der Waals surface area contributed by atoms with Gasteiger partial charge in [-0.25, -0.2) is 0 Å². The zero-order valence-electron chi connectivity index (χ0n) is 10.4. The van der Waals surface area contributed by atoms with Gasteiger partial charge in [-0.05, 0) is 38.3 Å². The van der Waals surface area contributed by atoms with Crippen LogP contribution >= 0.6 is 0 Å². The number of carboxylic acid groups (broad SMARTS) is 1. The summed E-state index contributed by atoms with van der Waals surface area (Å²) < 4.78 is 1.96. The van der Waals surface area contributed by atoms with Crippen molar-refractivity contribution in [1.82, 2.24) is 9.88 Å². The first-order valence-corrected chi connectivity index (χ1v) is 6.09. The lowest BCUT2D eigenvalue weighted by molar-refractivity contribution is -0.147. The summed E-state index contributed by atoms with van der Waals surface area (Å²) in [6.07, 6.45) is 6.55. The van der Waals surface area contributed by atoms with Crippen molar-refractivity contribution < 1.29 is 9.90 Å². The highest BCUT2D eigenvalue weighted by Gasteiger charge is 2.27. The molecule has 1 aromatic heterocycles. The Balaban J connectivity index is 1.90. The molecule has 0 aromatic carbocycles. The SMILES string of the molecule is CC(C)(Cn1ccc(CNC2CC2)c1)C(=O)O. The van der Waals surface area contributed by atoms with E-state index in [4.69, 9.17) is 5.11 Å². The standard InChI is InChI=1S/C13H20N2O2/c1-13(2,12(16)17)9-15-6-5-10(8-15)7-14-11-3-4-11/h5-6,8,11,14H,3-4,7,9H2,1-2H3,(H,16,17). The normalized spacial score (nSPS) is 16.1. The Morgan fingerprint density at radius 3 is 2.88 bits per heavy atom. The molecule has 0 atom stereocenters. The number of nitrogens with one attached hydrogen (secondary N) is 1. The monoisotopic (exact) mass is 236 g/mol. The van der Waals surface area contributed by atoms with Gasteiger partial charge in [-0.3, -0.25) is 4.79 Å². The van der Waals surface area contributed by atoms with Crippen LogP contribution in [0.5, 0.6) is 0 Å². The summed E-state index contributed by atoms with van der Waals surface area (Å²) in [5.74, 6) is -0.760. The van der Waals surface area contributed by atoms with Crippen LogP contribution < -0.4 is 5.32 Å². The molecule has 1 aromatic rings. The maximum absolute atomic E-state index is 11.0. The molecule has 0 saturated heterocycles. The number of carbonyl (C=O) groups is 1. The Labute approximate surface area is 102 Å². The predicted octanol–water partition coefficient (Wildman–Crippen LogP) is 1.85. The van der Waals surface area contributed by atoms with Crippen molar-refractivity contribution in [2.45, 2.75) is 45.8 Å². The summed E-state index contributed by atoms with van der Waals surface area (Å²) in [7, 11) is 0. The van der Waals surface area contributed by atoms with Crippen LogP contribution in [0.3, 0.4) is 0 Å². The molecule has 0 bridgehead atoms. The fourth-order valence-electron chi connectivity index (χ4n) is 1.77. The minimum absolute atomic E-state index is 0.506. The summed E-state index contributed by atoms with van der Waals surface area (Å²) in [5.41, 5.74) is 0.498. The molecule has 1 aliphatic carbocycles. The van der Waals surface area contributed by atoms with Crippen molar-refractivity contribution in [3.05, 3.63) is 24.0 Å². The third-order valence-corrected chi connectivity index (χ3v) is 3.14. The van der Waals surface area contributed by atoms with Crippen molar-refractivity contribution in [3.8, 4) is 0 Å². The highest BCUT2D eigenvalue weighted by atomic mass is 16.4. The Kier molecular flexibility index (Phi) is 3.24. The predicted molar refractivity (Wildman–Crippen MR) is 65.7 cm³/mol. The van der Waals surface area contributed by atoms with Gasteiger partial charge in [0.25, 0.3) is 0 Å². The number of nitrogens with zero attached hydrogens (tertiary/aromatic N) is 1. The van der Waals surface area contributed by atoms with Gasteiger partial charge in [0.15, 0.2) is 0 Å². The second-order valence-electron chi connectivity index (χ2n) is 5.54. The summed E-state index contributed by atoms with van der Waals surface area (Å²) in [6, 6.07) is 2.75. The van der Waals surface area contributed by atoms with E-state index in [1.165, 1.54) is 18.4 Å². The molecule has 17 heavy (non-hydrogen) atoms. The molecule has 1 heterocycles. The van der Waals surface area contributed by atoms with Crippen LogP contribution in [0.15, 0.2) is 18.5 Å². The van der Waals surface area contributed by atoms with E-state index in [-0.39, 0.29) is 0 Å². The minimum Gasteiger partial charge on any atom is -0.481 e. The van der Waals surface area contributed by atoms with Crippen LogP contribution in [-0.4, -0.2) is 21.7 Å². The Hall–Kier alpha value is -1.29. The molecule has 4 nitrogen and oxygen atoms in total. The molecule has 1 fully saturated rings. The van der Waals surface area contributed by atoms with E-state index in [9.17, 15) is 4.79 Å². The Morgan fingerprint density at radius 2 is 2.29 bits per heavy atom. The molecule has 0 unspecified atom stereocenters. The van der Waals surface area contributed by atoms with Crippen molar-refractivity contribution in [2.75, 3.05) is 0 Å². The van der Waals surface area contributed by atoms with Gasteiger partial charge in [0.2, 0.25) is 0 Å². The number of rotatable bonds is 6. The largest absolute Gasteiger partial charge is 0.481 e. The third kappa shape index (κ3) is 3.33. The van der Waals surface area contributed by atoms with Crippen LogP contribution in [0, 0.1) is 5.41 Å². The van der Waals surface area contributed by atoms with E-state index < -0.39 is 11.4 Å². The molecule has 2 rings (SSSR count). The van der Waals surface area contributed by atoms with Gasteiger partial charge in [-0.1, -0.05) is 0 Å². The molecule has 0 spiro atoms. The number of aliphatic carboxylic acids is 1. The van der Waals surface area contributed by atoms with Crippen LogP contribution in [0.4, 0.5) is 0 Å². The van der Waals surface area contributed by atoms with E-state index in [2.05, 4.69) is 5.32 Å². The van der Waals surface area contributed by atoms with Crippen LogP contribution in [0.2, 0.25) is 0 Å². The first-order chi connectivity index (χ1) is 7.97. The molecule has 94 valence electrons. The van der Waals surface area contributed by atoms with Crippen LogP contribution in [0.25, 0.3) is 0 Å². The number of carboxylic acids is 1. The fraction of sp³-hybridized carbons (Fsp3) is 0.615. The molecule has 1 aliphatic rings. The highest BCUT2D eigenvalue weighted by molar-refractivity contribution is 5.73. The minimum atomic E-state index is -0.760. The average Bonchev–Trinajstić information content (AvgIpc) is 2.97. The summed E-state index contributed by atoms with van der Waals surface area (Å²) >= 11 is 0. The van der Waals surface area contributed by atoms with Gasteiger partial charge in [0.1, 0.15) is 0 Å². The molecule has 0 aliphatic heterocycles. The second kappa shape index (κ2) is 4.53. The third-order valence-electron chi connectivity index (χ3n) is 3.14. The Morgan fingerprint density at radius 1 is 1.59 bits per heavy atom. The van der Waals surface area contributed by atoms with Crippen molar-refractivity contribution >= 4 is 5.97 Å². The maximum Gasteiger partial charge on any atom is 0.310 e. The first-order valence-electron chi connectivity index (χ1n) is 6.09. The molecule has 2 N–H and O–H groups in total. The zero-order valence-corrected chi connectivity index (χ0v) is 10.4. The quantitative estimate of drug-likeness (QED) is 0.792. The van der Waals surface area contributed by atoms with E-state index in [1.807, 2.05) is 23.0 Å². The lowest BCUT2D eigenvalue weighted by Crippen LogP contribution is -2.28. The van der Waals surface area contributed by atoms with Gasteiger partial charge in [-0.2, -0.15) is 0 Å². The van der Waals surface area contributed by atoms with Gasteiger partial charge in [0, 0.05) is 31.5 Å². The van der Waals surface area contributed by atoms with Crippen molar-refractivity contribution in [1.29, 1.82) is 0 Å². The van der Waals surface area contributed by atoms with Crippen molar-refractivity contribution in [2.24, 2.45) is 5.41 Å². The maximum atomic E-state index is 11.0. The number of hydrogen-bond donors (Lipinski definition) is 2. The first kappa shape index (κ1) is 12.2. The van der Waals surface area contributed by atoms with E-state index in [0.29, 0.717) is 12.6 Å². The zero-order chi connectivity index (χ0) is 12.5. The molecule has 0 radical (unpaired) electrons. The molecule has 4 heteroatoms. The number of aromatic nitrogens is 1. The van der Waals surface area contributed by atoms with Gasteiger partial charge in [0.05, 0.1) is 5.41 Å². The Bertz CT molecular complexity index is 405. The summed E-state index contributed by atoms with van der Waals surface area (Å²) in [4.78, 5) is 11.0. The lowest BCUT2D eigenvalue weighted by atomic mass is 9.94. The van der Waals surface area contributed by atoms with Crippen molar-refractivity contribution in [3.63, 3.8) is 0 Å². The molecular formula is C13H20N2O2. The lowest BCUT2D eigenvalue weighted by Gasteiger charge is -2.19. The van der Waals surface area contributed by atoms with E-state index in [1.54, 1.807) is 13.8 Å². The fourth-order valence-corrected chi connectivity index (χ4v) is 1.77. The second-order valence-corrected chi connectivity index (χ2v) is 5.54. The average molecular weight is 236 g/mol. The molecular weight excluding hydrogens is 216 g/mol. The highest BCUT2D eigenvalue weighted by Crippen LogP contribution is 2.21. The topological polar surface area (TPSA) is 54.3 Å². The summed E-state index contributed by atoms with van der Waals surface area (Å²) in [5, 5.41) is 12.5. The molecule has 1 saturated carbocycles. The van der Waals surface area contributed by atoms with E-state index in [0.717, 1.165) is 6.54 Å².